The number of β-amino-alcohol motifs (C(OH)–C–C–N with tert-alkyl or cyclic N) is 1. The Balaban J connectivity index is 0.00000280. The summed E-state index contributed by atoms with van der Waals surface area (Å²) in [5.41, 5.74) is 1.23. The summed E-state index contributed by atoms with van der Waals surface area (Å²) in [4.78, 5) is 7.14. The number of aliphatic imine (C=N–C) groups is 1. The van der Waals surface area contributed by atoms with E-state index in [9.17, 15) is 5.11 Å². The lowest BCUT2D eigenvalue weighted by atomic mass is 9.88. The van der Waals surface area contributed by atoms with Crippen molar-refractivity contribution in [2.45, 2.75) is 50.8 Å². The van der Waals surface area contributed by atoms with Crippen LogP contribution >= 0.6 is 24.0 Å². The van der Waals surface area contributed by atoms with E-state index < -0.39 is 0 Å². The fraction of sp³-hybridized carbons (Fsp3) is 0.667. The minimum atomic E-state index is -0.248. The number of benzene rings is 1. The zero-order valence-corrected chi connectivity index (χ0v) is 19.4. The Morgan fingerprint density at radius 1 is 1.32 bits per heavy atom. The van der Waals surface area contributed by atoms with E-state index in [-0.39, 0.29) is 41.7 Å². The van der Waals surface area contributed by atoms with Crippen molar-refractivity contribution in [3.8, 4) is 0 Å². The molecule has 2 fully saturated rings. The molecule has 28 heavy (non-hydrogen) atoms. The second-order valence-corrected chi connectivity index (χ2v) is 7.73. The summed E-state index contributed by atoms with van der Waals surface area (Å²) in [6.07, 6.45) is 2.47. The molecular weight excluding hydrogens is 467 g/mol. The first-order chi connectivity index (χ1) is 13.1. The number of hydrogen-bond donors (Lipinski definition) is 3. The lowest BCUT2D eigenvalue weighted by Crippen LogP contribution is -2.53. The average molecular weight is 502 g/mol. The number of aliphatic hydroxyl groups is 1. The van der Waals surface area contributed by atoms with E-state index in [2.05, 4.69) is 59.7 Å². The molecule has 0 amide bonds. The van der Waals surface area contributed by atoms with Crippen LogP contribution in [-0.4, -0.2) is 67.0 Å². The number of ether oxygens (including phenoxy) is 1. The predicted molar refractivity (Wildman–Crippen MR) is 124 cm³/mol. The SMILES string of the molecule is CCNC(=NCC1(NC(C)c2ccccc2)CCOCC1)N1CC[C@@H](O)C1.I. The highest BCUT2D eigenvalue weighted by molar-refractivity contribution is 14.0. The van der Waals surface area contributed by atoms with Gasteiger partial charge < -0.3 is 25.4 Å². The summed E-state index contributed by atoms with van der Waals surface area (Å²) in [6, 6.07) is 10.8. The highest BCUT2D eigenvalue weighted by atomic mass is 127. The van der Waals surface area contributed by atoms with Gasteiger partial charge in [0.15, 0.2) is 5.96 Å². The van der Waals surface area contributed by atoms with Gasteiger partial charge in [-0.15, -0.1) is 24.0 Å². The minimum absolute atomic E-state index is 0. The molecule has 2 atom stereocenters. The fourth-order valence-electron chi connectivity index (χ4n) is 3.98. The average Bonchev–Trinajstić information content (AvgIpc) is 3.13. The Hall–Kier alpha value is -0.900. The van der Waals surface area contributed by atoms with Crippen LogP contribution < -0.4 is 10.6 Å². The van der Waals surface area contributed by atoms with Crippen LogP contribution in [0.1, 0.15) is 44.7 Å². The highest BCUT2D eigenvalue weighted by Gasteiger charge is 2.34. The molecule has 0 aliphatic carbocycles. The molecule has 7 heteroatoms. The molecule has 2 heterocycles. The summed E-state index contributed by atoms with van der Waals surface area (Å²) in [5, 5.41) is 17.1. The lowest BCUT2D eigenvalue weighted by molar-refractivity contribution is 0.0373. The van der Waals surface area contributed by atoms with Crippen molar-refractivity contribution in [1.82, 2.24) is 15.5 Å². The first-order valence-corrected chi connectivity index (χ1v) is 10.2. The molecule has 3 N–H and O–H groups in total. The Morgan fingerprint density at radius 2 is 2.04 bits per heavy atom. The maximum Gasteiger partial charge on any atom is 0.194 e. The van der Waals surface area contributed by atoms with E-state index in [0.29, 0.717) is 13.1 Å². The number of guanidine groups is 1. The number of halogens is 1. The molecule has 0 saturated carbocycles. The molecule has 0 bridgehead atoms. The molecule has 1 aromatic rings. The van der Waals surface area contributed by atoms with Crippen LogP contribution in [0.4, 0.5) is 0 Å². The molecule has 2 aliphatic rings. The number of aliphatic hydroxyl groups excluding tert-OH is 1. The van der Waals surface area contributed by atoms with E-state index >= 15 is 0 Å². The lowest BCUT2D eigenvalue weighted by Gasteiger charge is -2.39. The van der Waals surface area contributed by atoms with Crippen molar-refractivity contribution >= 4 is 29.9 Å². The van der Waals surface area contributed by atoms with Crippen LogP contribution in [0.25, 0.3) is 0 Å². The summed E-state index contributed by atoms with van der Waals surface area (Å²) in [6.45, 7) is 8.90. The summed E-state index contributed by atoms with van der Waals surface area (Å²) >= 11 is 0. The van der Waals surface area contributed by atoms with Crippen molar-refractivity contribution in [2.24, 2.45) is 4.99 Å². The molecule has 0 spiro atoms. The Morgan fingerprint density at radius 3 is 2.64 bits per heavy atom. The van der Waals surface area contributed by atoms with Crippen LogP contribution in [-0.2, 0) is 4.74 Å². The quantitative estimate of drug-likeness (QED) is 0.317. The van der Waals surface area contributed by atoms with E-state index in [4.69, 9.17) is 9.73 Å². The molecular formula is C21H35IN4O2. The van der Waals surface area contributed by atoms with Gasteiger partial charge in [-0.3, -0.25) is 4.99 Å². The largest absolute Gasteiger partial charge is 0.391 e. The van der Waals surface area contributed by atoms with Crippen LogP contribution in [0.3, 0.4) is 0 Å². The second-order valence-electron chi connectivity index (χ2n) is 7.73. The molecule has 158 valence electrons. The van der Waals surface area contributed by atoms with Gasteiger partial charge in [0.1, 0.15) is 0 Å². The van der Waals surface area contributed by atoms with Gasteiger partial charge in [-0.05, 0) is 38.7 Å². The standard InChI is InChI=1S/C21H34N4O2.HI/c1-3-22-20(25-12-9-19(26)15-25)23-16-21(10-13-27-14-11-21)24-17(2)18-7-5-4-6-8-18;/h4-8,17,19,24,26H,3,9-16H2,1-2H3,(H,22,23);1H/t17?,19-;/m1./s1. The van der Waals surface area contributed by atoms with Crippen molar-refractivity contribution in [1.29, 1.82) is 0 Å². The predicted octanol–water partition coefficient (Wildman–Crippen LogP) is 2.54. The molecule has 6 nitrogen and oxygen atoms in total. The van der Waals surface area contributed by atoms with Gasteiger partial charge in [-0.2, -0.15) is 0 Å². The molecule has 2 aliphatic heterocycles. The maximum atomic E-state index is 9.88. The van der Waals surface area contributed by atoms with Crippen molar-refractivity contribution in [2.75, 3.05) is 39.4 Å². The summed E-state index contributed by atoms with van der Waals surface area (Å²) < 4.78 is 5.63. The molecule has 1 unspecified atom stereocenters. The number of hydrogen-bond acceptors (Lipinski definition) is 4. The second kappa shape index (κ2) is 11.3. The smallest absolute Gasteiger partial charge is 0.194 e. The molecule has 0 aromatic heterocycles. The first kappa shape index (κ1) is 23.4. The summed E-state index contributed by atoms with van der Waals surface area (Å²) in [7, 11) is 0. The molecule has 2 saturated heterocycles. The number of nitrogens with one attached hydrogen (secondary N) is 2. The molecule has 3 rings (SSSR count). The van der Waals surface area contributed by atoms with Gasteiger partial charge >= 0.3 is 0 Å². The topological polar surface area (TPSA) is 69.1 Å². The zero-order valence-electron chi connectivity index (χ0n) is 17.1. The van der Waals surface area contributed by atoms with Crippen LogP contribution in [0.2, 0.25) is 0 Å². The van der Waals surface area contributed by atoms with Gasteiger partial charge in [-0.1, -0.05) is 30.3 Å². The zero-order chi connectivity index (χ0) is 19.1. The molecule has 0 radical (unpaired) electrons. The monoisotopic (exact) mass is 502 g/mol. The third-order valence-corrected chi connectivity index (χ3v) is 5.60. The number of likely N-dealkylation sites (tertiary alicyclic amines) is 1. The van der Waals surface area contributed by atoms with E-state index in [1.54, 1.807) is 0 Å². The van der Waals surface area contributed by atoms with Crippen molar-refractivity contribution in [3.63, 3.8) is 0 Å². The van der Waals surface area contributed by atoms with Gasteiger partial charge in [-0.25, -0.2) is 0 Å². The first-order valence-electron chi connectivity index (χ1n) is 10.2. The van der Waals surface area contributed by atoms with Gasteiger partial charge in [0.2, 0.25) is 0 Å². The van der Waals surface area contributed by atoms with Crippen molar-refractivity contribution in [3.05, 3.63) is 35.9 Å². The fourth-order valence-corrected chi connectivity index (χ4v) is 3.98. The van der Waals surface area contributed by atoms with Crippen LogP contribution in [0, 0.1) is 0 Å². The number of nitrogens with zero attached hydrogens (tertiary/aromatic N) is 2. The Kier molecular flexibility index (Phi) is 9.46. The van der Waals surface area contributed by atoms with Crippen molar-refractivity contribution < 1.29 is 9.84 Å². The van der Waals surface area contributed by atoms with Gasteiger partial charge in [0.05, 0.1) is 12.6 Å². The van der Waals surface area contributed by atoms with Gasteiger partial charge in [0.25, 0.3) is 0 Å². The third-order valence-electron chi connectivity index (χ3n) is 5.60. The minimum Gasteiger partial charge on any atom is -0.391 e. The normalized spacial score (nSPS) is 23.2. The third kappa shape index (κ3) is 6.30. The van der Waals surface area contributed by atoms with Crippen LogP contribution in [0.5, 0.6) is 0 Å². The molecule has 1 aromatic carbocycles. The number of rotatable bonds is 6. The van der Waals surface area contributed by atoms with E-state index in [1.807, 2.05) is 0 Å². The van der Waals surface area contributed by atoms with Gasteiger partial charge in [0, 0.05) is 44.4 Å². The Labute approximate surface area is 186 Å². The van der Waals surface area contributed by atoms with Crippen LogP contribution in [0.15, 0.2) is 35.3 Å². The summed E-state index contributed by atoms with van der Waals surface area (Å²) in [5.74, 6) is 0.911. The maximum absolute atomic E-state index is 9.88. The van der Waals surface area contributed by atoms with E-state index in [0.717, 1.165) is 51.5 Å². The van der Waals surface area contributed by atoms with E-state index in [1.165, 1.54) is 5.56 Å². The highest BCUT2D eigenvalue weighted by Crippen LogP contribution is 2.26. The Bertz CT molecular complexity index is 608.